The summed E-state index contributed by atoms with van der Waals surface area (Å²) < 4.78 is 12.5. The van der Waals surface area contributed by atoms with Crippen LogP contribution in [0.4, 0.5) is 5.69 Å². The van der Waals surface area contributed by atoms with E-state index in [2.05, 4.69) is 25.7 Å². The molecule has 9 nitrogen and oxygen atoms in total. The maximum absolute atomic E-state index is 12.3. The molecule has 0 saturated heterocycles. The molecular weight excluding hydrogens is 416 g/mol. The molecular formula is C21H20N6O3S. The van der Waals surface area contributed by atoms with Gasteiger partial charge in [0, 0.05) is 18.3 Å². The molecule has 2 heterocycles. The van der Waals surface area contributed by atoms with Crippen molar-refractivity contribution in [2.75, 3.05) is 17.7 Å². The van der Waals surface area contributed by atoms with Gasteiger partial charge in [-0.2, -0.15) is 4.98 Å². The van der Waals surface area contributed by atoms with Gasteiger partial charge in [0.25, 0.3) is 5.89 Å². The fourth-order valence-electron chi connectivity index (χ4n) is 2.77. The van der Waals surface area contributed by atoms with Gasteiger partial charge < -0.3 is 19.1 Å². The van der Waals surface area contributed by atoms with Crippen molar-refractivity contribution in [2.24, 2.45) is 7.05 Å². The van der Waals surface area contributed by atoms with Crippen LogP contribution in [0.1, 0.15) is 6.92 Å². The number of benzene rings is 2. The van der Waals surface area contributed by atoms with Crippen LogP contribution in [0.15, 0.2) is 64.3 Å². The van der Waals surface area contributed by atoms with Crippen LogP contribution in [0.3, 0.4) is 0 Å². The van der Waals surface area contributed by atoms with Gasteiger partial charge in [0.15, 0.2) is 5.16 Å². The number of aromatic nitrogens is 5. The molecule has 4 rings (SSSR count). The lowest BCUT2D eigenvalue weighted by atomic mass is 10.2. The standard InChI is InChI=1S/C21H20N6O3S/c1-3-29-16-11-9-15(10-12-16)22-17(28)13-31-21-25-24-19(27(21)2)20-23-18(26-30-20)14-7-5-4-6-8-14/h4-12H,3,13H2,1-2H3,(H,22,28). The number of nitrogens with one attached hydrogen (secondary N) is 1. The zero-order chi connectivity index (χ0) is 21.6. The molecule has 0 saturated carbocycles. The summed E-state index contributed by atoms with van der Waals surface area (Å²) >= 11 is 1.27. The molecule has 31 heavy (non-hydrogen) atoms. The average Bonchev–Trinajstić information content (AvgIpc) is 3.41. The molecule has 2 aromatic carbocycles. The number of hydrogen-bond donors (Lipinski definition) is 1. The molecule has 0 aliphatic carbocycles. The first-order valence-corrected chi connectivity index (χ1v) is 10.6. The minimum Gasteiger partial charge on any atom is -0.494 e. The SMILES string of the molecule is CCOc1ccc(NC(=O)CSc2nnc(-c3nc(-c4ccccc4)no3)n2C)cc1. The van der Waals surface area contributed by atoms with Crippen molar-refractivity contribution >= 4 is 23.4 Å². The summed E-state index contributed by atoms with van der Waals surface area (Å²) in [6, 6.07) is 16.8. The summed E-state index contributed by atoms with van der Waals surface area (Å²) in [5.74, 6) is 1.96. The van der Waals surface area contributed by atoms with E-state index in [0.29, 0.717) is 29.1 Å². The molecule has 158 valence electrons. The lowest BCUT2D eigenvalue weighted by Crippen LogP contribution is -2.14. The zero-order valence-electron chi connectivity index (χ0n) is 17.0. The molecule has 0 atom stereocenters. The fourth-order valence-corrected chi connectivity index (χ4v) is 3.48. The Hall–Kier alpha value is -3.66. The molecule has 0 fully saturated rings. The highest BCUT2D eigenvalue weighted by Crippen LogP contribution is 2.24. The van der Waals surface area contributed by atoms with Crippen LogP contribution in [-0.4, -0.2) is 43.2 Å². The van der Waals surface area contributed by atoms with E-state index in [1.54, 1.807) is 23.7 Å². The van der Waals surface area contributed by atoms with Gasteiger partial charge in [-0.15, -0.1) is 10.2 Å². The number of hydrogen-bond acceptors (Lipinski definition) is 8. The lowest BCUT2D eigenvalue weighted by Gasteiger charge is -2.07. The minimum atomic E-state index is -0.150. The van der Waals surface area contributed by atoms with E-state index in [1.807, 2.05) is 49.4 Å². The highest BCUT2D eigenvalue weighted by atomic mass is 32.2. The van der Waals surface area contributed by atoms with Crippen LogP contribution in [0, 0.1) is 0 Å². The third-order valence-electron chi connectivity index (χ3n) is 4.27. The van der Waals surface area contributed by atoms with Crippen molar-refractivity contribution in [3.8, 4) is 28.9 Å². The second-order valence-electron chi connectivity index (χ2n) is 6.45. The van der Waals surface area contributed by atoms with Crippen LogP contribution in [0.2, 0.25) is 0 Å². The monoisotopic (exact) mass is 436 g/mol. The number of thioether (sulfide) groups is 1. The summed E-state index contributed by atoms with van der Waals surface area (Å²) in [5, 5.41) is 15.7. The zero-order valence-corrected chi connectivity index (χ0v) is 17.8. The Kier molecular flexibility index (Phi) is 6.27. The molecule has 1 N–H and O–H groups in total. The highest BCUT2D eigenvalue weighted by Gasteiger charge is 2.19. The topological polar surface area (TPSA) is 108 Å². The Morgan fingerprint density at radius 1 is 1.13 bits per heavy atom. The van der Waals surface area contributed by atoms with E-state index < -0.39 is 0 Å². The summed E-state index contributed by atoms with van der Waals surface area (Å²) in [7, 11) is 1.79. The number of rotatable bonds is 8. The third-order valence-corrected chi connectivity index (χ3v) is 5.29. The maximum atomic E-state index is 12.3. The quantitative estimate of drug-likeness (QED) is 0.417. The van der Waals surface area contributed by atoms with E-state index >= 15 is 0 Å². The third kappa shape index (κ3) is 4.92. The molecule has 0 bridgehead atoms. The summed E-state index contributed by atoms with van der Waals surface area (Å²) in [5.41, 5.74) is 1.55. The molecule has 2 aromatic heterocycles. The average molecular weight is 436 g/mol. The maximum Gasteiger partial charge on any atom is 0.296 e. The van der Waals surface area contributed by atoms with Crippen molar-refractivity contribution in [2.45, 2.75) is 12.1 Å². The van der Waals surface area contributed by atoms with E-state index in [-0.39, 0.29) is 17.6 Å². The van der Waals surface area contributed by atoms with Crippen LogP contribution >= 0.6 is 11.8 Å². The molecule has 0 radical (unpaired) electrons. The predicted molar refractivity (Wildman–Crippen MR) is 117 cm³/mol. The van der Waals surface area contributed by atoms with Crippen molar-refractivity contribution in [1.82, 2.24) is 24.9 Å². The Morgan fingerprint density at radius 3 is 2.65 bits per heavy atom. The van der Waals surface area contributed by atoms with Crippen molar-refractivity contribution in [1.29, 1.82) is 0 Å². The van der Waals surface area contributed by atoms with E-state index in [9.17, 15) is 4.79 Å². The van der Waals surface area contributed by atoms with Gasteiger partial charge in [-0.3, -0.25) is 4.79 Å². The first-order valence-electron chi connectivity index (χ1n) is 9.58. The number of amides is 1. The van der Waals surface area contributed by atoms with Crippen LogP contribution in [0.5, 0.6) is 5.75 Å². The normalized spacial score (nSPS) is 10.8. The molecule has 0 spiro atoms. The molecule has 10 heteroatoms. The second kappa shape index (κ2) is 9.43. The van der Waals surface area contributed by atoms with Gasteiger partial charge in [0.2, 0.25) is 17.6 Å². The van der Waals surface area contributed by atoms with Crippen LogP contribution in [0.25, 0.3) is 23.1 Å². The Balaban J connectivity index is 1.37. The molecule has 1 amide bonds. The Labute approximate surface area is 182 Å². The van der Waals surface area contributed by atoms with E-state index in [0.717, 1.165) is 11.3 Å². The van der Waals surface area contributed by atoms with Crippen molar-refractivity contribution in [3.63, 3.8) is 0 Å². The predicted octanol–water partition coefficient (Wildman–Crippen LogP) is 3.66. The van der Waals surface area contributed by atoms with Gasteiger partial charge in [-0.1, -0.05) is 47.3 Å². The number of ether oxygens (including phenoxy) is 1. The number of carbonyl (C=O) groups excluding carboxylic acids is 1. The van der Waals surface area contributed by atoms with Gasteiger partial charge in [0.1, 0.15) is 5.75 Å². The molecule has 0 aliphatic heterocycles. The van der Waals surface area contributed by atoms with Gasteiger partial charge in [0.05, 0.1) is 12.4 Å². The van der Waals surface area contributed by atoms with Crippen molar-refractivity contribution < 1.29 is 14.1 Å². The number of nitrogens with zero attached hydrogens (tertiary/aromatic N) is 5. The lowest BCUT2D eigenvalue weighted by molar-refractivity contribution is -0.113. The Bertz CT molecular complexity index is 1160. The fraction of sp³-hybridized carbons (Fsp3) is 0.190. The minimum absolute atomic E-state index is 0.150. The molecule has 4 aromatic rings. The van der Waals surface area contributed by atoms with Crippen LogP contribution in [-0.2, 0) is 11.8 Å². The summed E-state index contributed by atoms with van der Waals surface area (Å²) in [6.07, 6.45) is 0. The number of carbonyl (C=O) groups is 1. The van der Waals surface area contributed by atoms with Crippen LogP contribution < -0.4 is 10.1 Å². The van der Waals surface area contributed by atoms with Gasteiger partial charge in [-0.25, -0.2) is 0 Å². The van der Waals surface area contributed by atoms with E-state index in [4.69, 9.17) is 9.26 Å². The largest absolute Gasteiger partial charge is 0.494 e. The molecule has 0 aliphatic rings. The first kappa shape index (κ1) is 20.6. The number of anilines is 1. The van der Waals surface area contributed by atoms with Crippen molar-refractivity contribution in [3.05, 3.63) is 54.6 Å². The Morgan fingerprint density at radius 2 is 1.90 bits per heavy atom. The second-order valence-corrected chi connectivity index (χ2v) is 7.39. The van der Waals surface area contributed by atoms with Gasteiger partial charge in [-0.05, 0) is 31.2 Å². The van der Waals surface area contributed by atoms with Gasteiger partial charge >= 0.3 is 0 Å². The molecule has 0 unspecified atom stereocenters. The van der Waals surface area contributed by atoms with E-state index in [1.165, 1.54) is 11.8 Å². The summed E-state index contributed by atoms with van der Waals surface area (Å²) in [4.78, 5) is 16.7. The smallest absolute Gasteiger partial charge is 0.296 e. The highest BCUT2D eigenvalue weighted by molar-refractivity contribution is 7.99. The summed E-state index contributed by atoms with van der Waals surface area (Å²) in [6.45, 7) is 2.52. The first-order chi connectivity index (χ1) is 15.1.